The smallest absolute Gasteiger partial charge is 0.339 e. The first-order chi connectivity index (χ1) is 11.0. The van der Waals surface area contributed by atoms with Crippen molar-refractivity contribution in [3.63, 3.8) is 0 Å². The number of halogens is 1. The van der Waals surface area contributed by atoms with E-state index in [1.165, 1.54) is 41.9 Å². The number of rotatable bonds is 6. The van der Waals surface area contributed by atoms with Crippen molar-refractivity contribution >= 4 is 17.2 Å². The van der Waals surface area contributed by atoms with Gasteiger partial charge in [-0.25, -0.2) is 13.4 Å². The number of nitrogens with zero attached hydrogens (tertiary/aromatic N) is 2. The Morgan fingerprint density at radius 2 is 2.13 bits per heavy atom. The highest BCUT2D eigenvalue weighted by Gasteiger charge is 2.14. The molecular formula is C15H15FN2O4S. The summed E-state index contributed by atoms with van der Waals surface area (Å²) in [6, 6.07) is 8.89. The van der Waals surface area contributed by atoms with E-state index < -0.39 is 23.1 Å². The zero-order chi connectivity index (χ0) is 16.8. The van der Waals surface area contributed by atoms with Gasteiger partial charge in [0, 0.05) is 12.7 Å². The van der Waals surface area contributed by atoms with Crippen molar-refractivity contribution < 1.29 is 22.7 Å². The van der Waals surface area contributed by atoms with E-state index in [1.54, 1.807) is 12.1 Å². The predicted octanol–water partition coefficient (Wildman–Crippen LogP) is 2.15. The average Bonchev–Trinajstić information content (AvgIpc) is 2.54. The lowest BCUT2D eigenvalue weighted by Gasteiger charge is -2.17. The highest BCUT2D eigenvalue weighted by Crippen LogP contribution is 2.12. The SMILES string of the molecule is COC(=O)c1ccc(CN(Cc2cccc(F)c2)S(=O)O)nc1. The fourth-order valence-electron chi connectivity index (χ4n) is 1.94. The first-order valence-corrected chi connectivity index (χ1v) is 7.69. The Bertz CT molecular complexity index is 709. The maximum atomic E-state index is 13.2. The molecule has 0 saturated heterocycles. The number of ether oxygens (including phenoxy) is 1. The molecule has 8 heteroatoms. The van der Waals surface area contributed by atoms with Crippen molar-refractivity contribution in [3.8, 4) is 0 Å². The van der Waals surface area contributed by atoms with Gasteiger partial charge in [0.15, 0.2) is 0 Å². The minimum absolute atomic E-state index is 0.0705. The molecule has 1 atom stereocenters. The number of methoxy groups -OCH3 is 1. The molecule has 0 aliphatic carbocycles. The van der Waals surface area contributed by atoms with Gasteiger partial charge in [0.2, 0.25) is 11.3 Å². The molecule has 0 aliphatic heterocycles. The number of pyridine rings is 1. The zero-order valence-corrected chi connectivity index (χ0v) is 13.1. The Balaban J connectivity index is 2.10. The van der Waals surface area contributed by atoms with E-state index in [-0.39, 0.29) is 18.7 Å². The highest BCUT2D eigenvalue weighted by atomic mass is 32.2. The molecule has 6 nitrogen and oxygen atoms in total. The van der Waals surface area contributed by atoms with Gasteiger partial charge in [0.25, 0.3) is 0 Å². The van der Waals surface area contributed by atoms with E-state index in [4.69, 9.17) is 0 Å². The number of benzene rings is 1. The number of esters is 1. The fraction of sp³-hybridized carbons (Fsp3) is 0.200. The Hall–Kier alpha value is -2.16. The van der Waals surface area contributed by atoms with Crippen LogP contribution in [0.4, 0.5) is 4.39 Å². The van der Waals surface area contributed by atoms with Crippen molar-refractivity contribution in [2.45, 2.75) is 13.1 Å². The number of hydrogen-bond donors (Lipinski definition) is 1. The van der Waals surface area contributed by atoms with Crippen LogP contribution in [0, 0.1) is 5.82 Å². The van der Waals surface area contributed by atoms with E-state index in [0.29, 0.717) is 11.3 Å². The molecule has 1 N–H and O–H groups in total. The van der Waals surface area contributed by atoms with Gasteiger partial charge in [0.05, 0.1) is 24.9 Å². The minimum Gasteiger partial charge on any atom is -0.465 e. The molecule has 0 saturated carbocycles. The third-order valence-corrected chi connectivity index (χ3v) is 3.75. The van der Waals surface area contributed by atoms with Crippen LogP contribution in [0.3, 0.4) is 0 Å². The summed E-state index contributed by atoms with van der Waals surface area (Å²) in [6.45, 7) is 0.155. The maximum Gasteiger partial charge on any atom is 0.339 e. The summed E-state index contributed by atoms with van der Waals surface area (Å²) in [7, 11) is 1.27. The molecule has 0 amide bonds. The number of hydrogen-bond acceptors (Lipinski definition) is 4. The van der Waals surface area contributed by atoms with Gasteiger partial charge < -0.3 is 4.74 Å². The Kier molecular flexibility index (Phi) is 5.91. The van der Waals surface area contributed by atoms with Crippen LogP contribution in [0.2, 0.25) is 0 Å². The van der Waals surface area contributed by atoms with Crippen molar-refractivity contribution in [1.29, 1.82) is 0 Å². The van der Waals surface area contributed by atoms with Gasteiger partial charge in [-0.2, -0.15) is 4.31 Å². The third-order valence-electron chi connectivity index (χ3n) is 3.05. The van der Waals surface area contributed by atoms with E-state index in [9.17, 15) is 17.9 Å². The topological polar surface area (TPSA) is 79.7 Å². The Morgan fingerprint density at radius 1 is 1.35 bits per heavy atom. The van der Waals surface area contributed by atoms with Gasteiger partial charge in [-0.05, 0) is 29.8 Å². The molecule has 2 aromatic rings. The molecule has 23 heavy (non-hydrogen) atoms. The first kappa shape index (κ1) is 17.2. The largest absolute Gasteiger partial charge is 0.465 e. The molecule has 122 valence electrons. The van der Waals surface area contributed by atoms with Gasteiger partial charge in [0.1, 0.15) is 5.82 Å². The molecule has 2 rings (SSSR count). The summed E-state index contributed by atoms with van der Waals surface area (Å²) in [4.78, 5) is 15.4. The molecule has 0 radical (unpaired) electrons. The molecule has 0 aliphatic rings. The van der Waals surface area contributed by atoms with Crippen molar-refractivity contribution in [1.82, 2.24) is 9.29 Å². The van der Waals surface area contributed by atoms with Crippen LogP contribution < -0.4 is 0 Å². The van der Waals surface area contributed by atoms with Crippen LogP contribution in [0.5, 0.6) is 0 Å². The van der Waals surface area contributed by atoms with E-state index in [0.717, 1.165) is 0 Å². The van der Waals surface area contributed by atoms with Crippen LogP contribution >= 0.6 is 0 Å². The quantitative estimate of drug-likeness (QED) is 0.645. The summed E-state index contributed by atoms with van der Waals surface area (Å²) in [5.41, 5.74) is 1.35. The summed E-state index contributed by atoms with van der Waals surface area (Å²) in [5, 5.41) is 0. The van der Waals surface area contributed by atoms with Gasteiger partial charge >= 0.3 is 5.97 Å². The average molecular weight is 338 g/mol. The first-order valence-electron chi connectivity index (χ1n) is 6.63. The summed E-state index contributed by atoms with van der Waals surface area (Å²) >= 11 is -2.25. The molecule has 1 aromatic carbocycles. The maximum absolute atomic E-state index is 13.2. The molecule has 1 aromatic heterocycles. The monoisotopic (exact) mass is 338 g/mol. The Morgan fingerprint density at radius 3 is 2.70 bits per heavy atom. The normalized spacial score (nSPS) is 12.2. The highest BCUT2D eigenvalue weighted by molar-refractivity contribution is 7.76. The van der Waals surface area contributed by atoms with Crippen LogP contribution in [0.25, 0.3) is 0 Å². The lowest BCUT2D eigenvalue weighted by atomic mass is 10.2. The van der Waals surface area contributed by atoms with Gasteiger partial charge in [-0.15, -0.1) is 0 Å². The standard InChI is InChI=1S/C15H15FN2O4S/c1-22-15(19)12-5-6-14(17-8-12)10-18(23(20)21)9-11-3-2-4-13(16)7-11/h2-8H,9-10H2,1H3,(H,20,21). The number of aromatic nitrogens is 1. The lowest BCUT2D eigenvalue weighted by Crippen LogP contribution is -2.25. The van der Waals surface area contributed by atoms with E-state index >= 15 is 0 Å². The van der Waals surface area contributed by atoms with Crippen LogP contribution in [-0.4, -0.2) is 31.1 Å². The molecule has 1 unspecified atom stereocenters. The van der Waals surface area contributed by atoms with Crippen LogP contribution in [0.15, 0.2) is 42.6 Å². The van der Waals surface area contributed by atoms with Crippen LogP contribution in [-0.2, 0) is 29.1 Å². The van der Waals surface area contributed by atoms with Gasteiger partial charge in [-0.1, -0.05) is 12.1 Å². The molecule has 1 heterocycles. The second kappa shape index (κ2) is 7.91. The van der Waals surface area contributed by atoms with E-state index in [2.05, 4.69) is 9.72 Å². The van der Waals surface area contributed by atoms with E-state index in [1.807, 2.05) is 0 Å². The summed E-state index contributed by atoms with van der Waals surface area (Å²) in [6.07, 6.45) is 1.34. The molecule has 0 bridgehead atoms. The predicted molar refractivity (Wildman–Crippen MR) is 82.0 cm³/mol. The molecule has 0 fully saturated rings. The molecular weight excluding hydrogens is 323 g/mol. The minimum atomic E-state index is -2.25. The number of carbonyl (C=O) groups is 1. The van der Waals surface area contributed by atoms with Crippen LogP contribution in [0.1, 0.15) is 21.6 Å². The second-order valence-corrected chi connectivity index (χ2v) is 5.67. The lowest BCUT2D eigenvalue weighted by molar-refractivity contribution is 0.0600. The fourth-order valence-corrected chi connectivity index (χ4v) is 2.44. The van der Waals surface area contributed by atoms with Crippen molar-refractivity contribution in [2.75, 3.05) is 7.11 Å². The second-order valence-electron chi connectivity index (χ2n) is 4.69. The summed E-state index contributed by atoms with van der Waals surface area (Å²) in [5.74, 6) is -0.918. The molecule has 0 spiro atoms. The van der Waals surface area contributed by atoms with Crippen molar-refractivity contribution in [2.24, 2.45) is 0 Å². The third kappa shape index (κ3) is 4.92. The summed E-state index contributed by atoms with van der Waals surface area (Å²) < 4.78 is 39.8. The van der Waals surface area contributed by atoms with Crippen molar-refractivity contribution in [3.05, 3.63) is 65.2 Å². The Labute approximate surface area is 135 Å². The van der Waals surface area contributed by atoms with Gasteiger partial charge in [-0.3, -0.25) is 9.54 Å². The zero-order valence-electron chi connectivity index (χ0n) is 12.3. The number of carbonyl (C=O) groups excluding carboxylic acids is 1.